The molecule has 1 rings (SSSR count). The summed E-state index contributed by atoms with van der Waals surface area (Å²) >= 11 is 3.29. The van der Waals surface area contributed by atoms with Crippen LogP contribution in [0.5, 0.6) is 0 Å². The molecule has 0 spiro atoms. The van der Waals surface area contributed by atoms with E-state index in [9.17, 15) is 14.7 Å². The number of rotatable bonds is 4. The number of carboxylic acid groups (broad SMARTS) is 1. The lowest BCUT2D eigenvalue weighted by atomic mass is 9.91. The van der Waals surface area contributed by atoms with Gasteiger partial charge in [0.2, 0.25) is 5.54 Å². The van der Waals surface area contributed by atoms with E-state index in [1.807, 2.05) is 0 Å². The quantitative estimate of drug-likeness (QED) is 0.645. The van der Waals surface area contributed by atoms with Crippen molar-refractivity contribution in [3.63, 3.8) is 0 Å². The highest BCUT2D eigenvalue weighted by molar-refractivity contribution is 9.10. The molecule has 110 valence electrons. The molecule has 0 saturated heterocycles. The average molecular weight is 344 g/mol. The van der Waals surface area contributed by atoms with Crippen LogP contribution in [0.25, 0.3) is 0 Å². The van der Waals surface area contributed by atoms with Crippen LogP contribution in [0.4, 0.5) is 0 Å². The van der Waals surface area contributed by atoms with Crippen LogP contribution in [0, 0.1) is 0 Å². The van der Waals surface area contributed by atoms with Crippen molar-refractivity contribution in [1.29, 1.82) is 0 Å². The van der Waals surface area contributed by atoms with Crippen molar-refractivity contribution in [1.82, 2.24) is 0 Å². The van der Waals surface area contributed by atoms with Gasteiger partial charge in [0.05, 0.1) is 0 Å². The van der Waals surface area contributed by atoms with Gasteiger partial charge >= 0.3 is 11.9 Å². The molecule has 6 heteroatoms. The Morgan fingerprint density at radius 2 is 1.95 bits per heavy atom. The minimum absolute atomic E-state index is 0.142. The number of hydrogen-bond donors (Lipinski definition) is 2. The van der Waals surface area contributed by atoms with Gasteiger partial charge in [0.15, 0.2) is 0 Å². The van der Waals surface area contributed by atoms with E-state index >= 15 is 0 Å². The van der Waals surface area contributed by atoms with Crippen LogP contribution < -0.4 is 5.73 Å². The fraction of sp³-hybridized carbons (Fsp3) is 0.429. The van der Waals surface area contributed by atoms with Crippen LogP contribution in [0.2, 0.25) is 0 Å². The van der Waals surface area contributed by atoms with Gasteiger partial charge in [-0.3, -0.25) is 0 Å². The zero-order valence-corrected chi connectivity index (χ0v) is 13.2. The van der Waals surface area contributed by atoms with Crippen molar-refractivity contribution in [2.75, 3.05) is 0 Å². The summed E-state index contributed by atoms with van der Waals surface area (Å²) in [5.41, 5.74) is 3.52. The number of carbonyl (C=O) groups is 2. The SMILES string of the molecule is CC(C)(C)OC(=O)C(N)(Cc1cccc(Br)c1)C(=O)O. The maximum Gasteiger partial charge on any atom is 0.338 e. The van der Waals surface area contributed by atoms with Gasteiger partial charge in [-0.2, -0.15) is 0 Å². The summed E-state index contributed by atoms with van der Waals surface area (Å²) < 4.78 is 5.89. The molecule has 1 unspecified atom stereocenters. The van der Waals surface area contributed by atoms with Crippen LogP contribution in [-0.2, 0) is 20.7 Å². The number of hydrogen-bond acceptors (Lipinski definition) is 4. The van der Waals surface area contributed by atoms with E-state index in [-0.39, 0.29) is 6.42 Å². The van der Waals surface area contributed by atoms with E-state index in [4.69, 9.17) is 10.5 Å². The van der Waals surface area contributed by atoms with Gasteiger partial charge in [-0.05, 0) is 38.5 Å². The van der Waals surface area contributed by atoms with Gasteiger partial charge in [0, 0.05) is 10.9 Å². The number of carbonyl (C=O) groups excluding carboxylic acids is 1. The summed E-state index contributed by atoms with van der Waals surface area (Å²) in [4.78, 5) is 23.5. The van der Waals surface area contributed by atoms with Gasteiger partial charge in [0.1, 0.15) is 5.60 Å². The van der Waals surface area contributed by atoms with Crippen molar-refractivity contribution in [2.45, 2.75) is 38.3 Å². The molecule has 20 heavy (non-hydrogen) atoms. The second kappa shape index (κ2) is 5.93. The Morgan fingerprint density at radius 3 is 2.40 bits per heavy atom. The van der Waals surface area contributed by atoms with E-state index in [0.717, 1.165) is 4.47 Å². The Balaban J connectivity index is 3.04. The van der Waals surface area contributed by atoms with E-state index in [0.29, 0.717) is 5.56 Å². The summed E-state index contributed by atoms with van der Waals surface area (Å²) in [6.07, 6.45) is -0.142. The van der Waals surface area contributed by atoms with Gasteiger partial charge in [-0.25, -0.2) is 9.59 Å². The van der Waals surface area contributed by atoms with Crippen LogP contribution in [0.3, 0.4) is 0 Å². The third-order valence-electron chi connectivity index (χ3n) is 2.52. The van der Waals surface area contributed by atoms with Gasteiger partial charge in [-0.1, -0.05) is 28.1 Å². The van der Waals surface area contributed by atoms with Crippen molar-refractivity contribution in [2.24, 2.45) is 5.73 Å². The first-order valence-corrected chi connectivity index (χ1v) is 6.84. The number of nitrogens with two attached hydrogens (primary N) is 1. The first-order valence-electron chi connectivity index (χ1n) is 6.05. The maximum atomic E-state index is 12.1. The molecule has 5 nitrogen and oxygen atoms in total. The van der Waals surface area contributed by atoms with Crippen molar-refractivity contribution >= 4 is 27.9 Å². The molecule has 0 saturated carbocycles. The van der Waals surface area contributed by atoms with Crippen molar-refractivity contribution in [3.8, 4) is 0 Å². The predicted octanol–water partition coefficient (Wildman–Crippen LogP) is 2.12. The molecule has 3 N–H and O–H groups in total. The largest absolute Gasteiger partial charge is 0.479 e. The Labute approximate surface area is 126 Å². The Hall–Kier alpha value is -1.40. The van der Waals surface area contributed by atoms with Crippen LogP contribution in [0.15, 0.2) is 28.7 Å². The monoisotopic (exact) mass is 343 g/mol. The lowest BCUT2D eigenvalue weighted by molar-refractivity contribution is -0.169. The third-order valence-corrected chi connectivity index (χ3v) is 3.01. The Bertz CT molecular complexity index is 524. The summed E-state index contributed by atoms with van der Waals surface area (Å²) in [5.74, 6) is -2.36. The smallest absolute Gasteiger partial charge is 0.338 e. The molecule has 0 bridgehead atoms. The highest BCUT2D eigenvalue weighted by Gasteiger charge is 2.45. The molecule has 0 aliphatic carbocycles. The summed E-state index contributed by atoms with van der Waals surface area (Å²) in [6.45, 7) is 4.98. The normalized spacial score (nSPS) is 14.4. The van der Waals surface area contributed by atoms with E-state index in [1.165, 1.54) is 0 Å². The average Bonchev–Trinajstić information content (AvgIpc) is 2.26. The van der Waals surface area contributed by atoms with Crippen LogP contribution >= 0.6 is 15.9 Å². The van der Waals surface area contributed by atoms with Crippen molar-refractivity contribution < 1.29 is 19.4 Å². The Morgan fingerprint density at radius 1 is 1.35 bits per heavy atom. The van der Waals surface area contributed by atoms with Crippen LogP contribution in [0.1, 0.15) is 26.3 Å². The molecule has 0 aromatic heterocycles. The lowest BCUT2D eigenvalue weighted by Gasteiger charge is -2.28. The molecule has 0 aliphatic heterocycles. The molecule has 0 radical (unpaired) electrons. The second-order valence-electron chi connectivity index (χ2n) is 5.59. The number of halogens is 1. The summed E-state index contributed by atoms with van der Waals surface area (Å²) in [7, 11) is 0. The number of aliphatic carboxylic acids is 1. The topological polar surface area (TPSA) is 89.6 Å². The molecule has 1 aromatic rings. The van der Waals surface area contributed by atoms with Gasteiger partial charge in [-0.15, -0.1) is 0 Å². The zero-order chi connectivity index (χ0) is 15.6. The van der Waals surface area contributed by atoms with E-state index in [1.54, 1.807) is 45.0 Å². The minimum atomic E-state index is -2.10. The lowest BCUT2D eigenvalue weighted by Crippen LogP contribution is -2.58. The zero-order valence-electron chi connectivity index (χ0n) is 11.6. The molecule has 0 fully saturated rings. The second-order valence-corrected chi connectivity index (χ2v) is 6.50. The molecular formula is C14H18BrNO4. The van der Waals surface area contributed by atoms with Crippen molar-refractivity contribution in [3.05, 3.63) is 34.3 Å². The predicted molar refractivity (Wildman–Crippen MR) is 78.2 cm³/mol. The molecule has 0 heterocycles. The first-order chi connectivity index (χ1) is 9.04. The fourth-order valence-corrected chi connectivity index (χ4v) is 2.02. The van der Waals surface area contributed by atoms with E-state index < -0.39 is 23.1 Å². The standard InChI is InChI=1S/C14H18BrNO4/c1-13(2,3)20-12(19)14(16,11(17)18)8-9-5-4-6-10(15)7-9/h4-7H,8,16H2,1-3H3,(H,17,18). The molecule has 1 aromatic carbocycles. The molecule has 1 atom stereocenters. The van der Waals surface area contributed by atoms with Crippen LogP contribution in [-0.4, -0.2) is 28.2 Å². The highest BCUT2D eigenvalue weighted by atomic mass is 79.9. The number of benzene rings is 1. The maximum absolute atomic E-state index is 12.1. The summed E-state index contributed by atoms with van der Waals surface area (Å²) in [5, 5.41) is 9.29. The number of carboxylic acids is 1. The molecule has 0 aliphatic rings. The number of esters is 1. The molecular weight excluding hydrogens is 326 g/mol. The third kappa shape index (κ3) is 4.31. The number of ether oxygens (including phenoxy) is 1. The van der Waals surface area contributed by atoms with E-state index in [2.05, 4.69) is 15.9 Å². The Kier molecular flexibility index (Phi) is 4.94. The summed E-state index contributed by atoms with van der Waals surface area (Å²) in [6, 6.07) is 6.97. The molecule has 0 amide bonds. The van der Waals surface area contributed by atoms with Gasteiger partial charge in [0.25, 0.3) is 0 Å². The van der Waals surface area contributed by atoms with Gasteiger partial charge < -0.3 is 15.6 Å². The fourth-order valence-electron chi connectivity index (χ4n) is 1.57. The highest BCUT2D eigenvalue weighted by Crippen LogP contribution is 2.20. The first kappa shape index (κ1) is 16.7. The minimum Gasteiger partial charge on any atom is -0.479 e.